The van der Waals surface area contributed by atoms with Crippen LogP contribution in [0.15, 0.2) is 23.1 Å². The summed E-state index contributed by atoms with van der Waals surface area (Å²) in [5.41, 5.74) is 6.58. The molecule has 1 unspecified atom stereocenters. The highest BCUT2D eigenvalue weighted by molar-refractivity contribution is 7.98. The largest absolute Gasteiger partial charge is 0.327 e. The molecule has 2 N–H and O–H groups in total. The molecular weight excluding hydrogens is 197 g/mol. The third-order valence-corrected chi connectivity index (χ3v) is 3.11. The normalized spacial score (nSPS) is 12.9. The SMILES string of the molecule is CCC(N)Cc1c(F)cccc1SC. The maximum absolute atomic E-state index is 13.5. The monoisotopic (exact) mass is 213 g/mol. The van der Waals surface area contributed by atoms with Crippen LogP contribution in [0.3, 0.4) is 0 Å². The number of halogens is 1. The van der Waals surface area contributed by atoms with Gasteiger partial charge in [0.2, 0.25) is 0 Å². The van der Waals surface area contributed by atoms with Crippen molar-refractivity contribution < 1.29 is 4.39 Å². The molecule has 1 aromatic carbocycles. The molecule has 0 saturated carbocycles. The number of hydrogen-bond acceptors (Lipinski definition) is 2. The van der Waals surface area contributed by atoms with E-state index < -0.39 is 0 Å². The molecule has 1 nitrogen and oxygen atoms in total. The molecule has 3 heteroatoms. The lowest BCUT2D eigenvalue weighted by Crippen LogP contribution is -2.22. The number of rotatable bonds is 4. The van der Waals surface area contributed by atoms with Gasteiger partial charge in [0, 0.05) is 16.5 Å². The van der Waals surface area contributed by atoms with E-state index >= 15 is 0 Å². The maximum Gasteiger partial charge on any atom is 0.127 e. The third-order valence-electron chi connectivity index (χ3n) is 2.29. The lowest BCUT2D eigenvalue weighted by atomic mass is 10.0. The molecule has 0 radical (unpaired) electrons. The first-order chi connectivity index (χ1) is 6.69. The van der Waals surface area contributed by atoms with Crippen molar-refractivity contribution in [3.8, 4) is 0 Å². The van der Waals surface area contributed by atoms with E-state index in [1.54, 1.807) is 17.8 Å². The Morgan fingerprint density at radius 3 is 2.79 bits per heavy atom. The van der Waals surface area contributed by atoms with Gasteiger partial charge in [-0.05, 0) is 31.2 Å². The van der Waals surface area contributed by atoms with Crippen LogP contribution in [0.2, 0.25) is 0 Å². The Labute approximate surface area is 88.9 Å². The molecule has 14 heavy (non-hydrogen) atoms. The van der Waals surface area contributed by atoms with Gasteiger partial charge in [-0.25, -0.2) is 4.39 Å². The molecule has 1 rings (SSSR count). The van der Waals surface area contributed by atoms with Crippen molar-refractivity contribution in [1.82, 2.24) is 0 Å². The molecule has 1 aromatic rings. The van der Waals surface area contributed by atoms with Crippen molar-refractivity contribution >= 4 is 11.8 Å². The van der Waals surface area contributed by atoms with Crippen molar-refractivity contribution in [3.63, 3.8) is 0 Å². The summed E-state index contributed by atoms with van der Waals surface area (Å²) in [6, 6.07) is 5.23. The van der Waals surface area contributed by atoms with Crippen molar-refractivity contribution in [1.29, 1.82) is 0 Å². The van der Waals surface area contributed by atoms with Gasteiger partial charge >= 0.3 is 0 Å². The Morgan fingerprint density at radius 2 is 2.21 bits per heavy atom. The first kappa shape index (κ1) is 11.5. The highest BCUT2D eigenvalue weighted by atomic mass is 32.2. The van der Waals surface area contributed by atoms with Gasteiger partial charge in [0.15, 0.2) is 0 Å². The molecule has 0 saturated heterocycles. The van der Waals surface area contributed by atoms with E-state index in [-0.39, 0.29) is 11.9 Å². The topological polar surface area (TPSA) is 26.0 Å². The Bertz CT molecular complexity index is 301. The number of thioether (sulfide) groups is 1. The molecule has 0 aliphatic heterocycles. The second kappa shape index (κ2) is 5.37. The maximum atomic E-state index is 13.5. The van der Waals surface area contributed by atoms with Gasteiger partial charge in [0.1, 0.15) is 5.82 Å². The summed E-state index contributed by atoms with van der Waals surface area (Å²) >= 11 is 1.57. The summed E-state index contributed by atoms with van der Waals surface area (Å²) < 4.78 is 13.5. The van der Waals surface area contributed by atoms with Gasteiger partial charge in [-0.1, -0.05) is 13.0 Å². The zero-order valence-corrected chi connectivity index (χ0v) is 9.40. The molecule has 0 spiro atoms. The standard InChI is InChI=1S/C11H16FNS/c1-3-8(13)7-9-10(12)5-4-6-11(9)14-2/h4-6,8H,3,7,13H2,1-2H3. The van der Waals surface area contributed by atoms with E-state index in [1.807, 2.05) is 19.2 Å². The van der Waals surface area contributed by atoms with E-state index in [2.05, 4.69) is 0 Å². The molecule has 0 bridgehead atoms. The molecule has 0 heterocycles. The smallest absolute Gasteiger partial charge is 0.127 e. The Hall–Kier alpha value is -0.540. The van der Waals surface area contributed by atoms with Crippen molar-refractivity contribution in [3.05, 3.63) is 29.6 Å². The first-order valence-corrected chi connectivity index (χ1v) is 5.98. The van der Waals surface area contributed by atoms with Gasteiger partial charge in [-0.15, -0.1) is 11.8 Å². The molecule has 0 aliphatic carbocycles. The van der Waals surface area contributed by atoms with Crippen molar-refractivity contribution in [2.24, 2.45) is 5.73 Å². The highest BCUT2D eigenvalue weighted by Crippen LogP contribution is 2.24. The fraction of sp³-hybridized carbons (Fsp3) is 0.455. The predicted octanol–water partition coefficient (Wildman–Crippen LogP) is 2.83. The molecule has 0 aliphatic rings. The zero-order valence-electron chi connectivity index (χ0n) is 8.59. The van der Waals surface area contributed by atoms with Crippen LogP contribution >= 0.6 is 11.8 Å². The van der Waals surface area contributed by atoms with Gasteiger partial charge in [-0.3, -0.25) is 0 Å². The van der Waals surface area contributed by atoms with E-state index in [1.165, 1.54) is 6.07 Å². The van der Waals surface area contributed by atoms with Crippen LogP contribution in [0.25, 0.3) is 0 Å². The lowest BCUT2D eigenvalue weighted by molar-refractivity contribution is 0.571. The Kier molecular flexibility index (Phi) is 4.42. The summed E-state index contributed by atoms with van der Waals surface area (Å²) in [6.45, 7) is 2.02. The predicted molar refractivity (Wildman–Crippen MR) is 60.2 cm³/mol. The van der Waals surface area contributed by atoms with Crippen LogP contribution in [0, 0.1) is 5.82 Å². The number of nitrogens with two attached hydrogens (primary N) is 1. The fourth-order valence-corrected chi connectivity index (χ4v) is 1.98. The molecule has 1 atom stereocenters. The van der Waals surface area contributed by atoms with Crippen molar-refractivity contribution in [2.75, 3.05) is 6.26 Å². The minimum absolute atomic E-state index is 0.0535. The minimum atomic E-state index is -0.138. The average Bonchev–Trinajstić information content (AvgIpc) is 2.20. The molecule has 0 aromatic heterocycles. The molecular formula is C11H16FNS. The van der Waals surface area contributed by atoms with Crippen LogP contribution in [-0.2, 0) is 6.42 Å². The van der Waals surface area contributed by atoms with Gasteiger partial charge < -0.3 is 5.73 Å². The minimum Gasteiger partial charge on any atom is -0.327 e. The molecule has 0 fully saturated rings. The van der Waals surface area contributed by atoms with E-state index in [0.29, 0.717) is 6.42 Å². The van der Waals surface area contributed by atoms with Crippen molar-refractivity contribution in [2.45, 2.75) is 30.7 Å². The Balaban J connectivity index is 2.92. The second-order valence-corrected chi connectivity index (χ2v) is 4.14. The Morgan fingerprint density at radius 1 is 1.50 bits per heavy atom. The van der Waals surface area contributed by atoms with E-state index in [4.69, 9.17) is 5.73 Å². The molecule has 78 valence electrons. The first-order valence-electron chi connectivity index (χ1n) is 4.76. The van der Waals surface area contributed by atoms with Gasteiger partial charge in [0.25, 0.3) is 0 Å². The third kappa shape index (κ3) is 2.72. The second-order valence-electron chi connectivity index (χ2n) is 3.29. The van der Waals surface area contributed by atoms with E-state index in [9.17, 15) is 4.39 Å². The lowest BCUT2D eigenvalue weighted by Gasteiger charge is -2.12. The number of hydrogen-bond donors (Lipinski definition) is 1. The zero-order chi connectivity index (χ0) is 10.6. The summed E-state index contributed by atoms with van der Waals surface area (Å²) in [5.74, 6) is -0.138. The summed E-state index contributed by atoms with van der Waals surface area (Å²) in [5, 5.41) is 0. The fourth-order valence-electron chi connectivity index (χ4n) is 1.33. The van der Waals surface area contributed by atoms with Gasteiger partial charge in [-0.2, -0.15) is 0 Å². The van der Waals surface area contributed by atoms with Gasteiger partial charge in [0.05, 0.1) is 0 Å². The molecule has 0 amide bonds. The van der Waals surface area contributed by atoms with E-state index in [0.717, 1.165) is 16.9 Å². The van der Waals surface area contributed by atoms with Crippen LogP contribution in [0.5, 0.6) is 0 Å². The summed E-state index contributed by atoms with van der Waals surface area (Å²) in [4.78, 5) is 0.994. The summed E-state index contributed by atoms with van der Waals surface area (Å²) in [6.07, 6.45) is 3.46. The van der Waals surface area contributed by atoms with Crippen LogP contribution in [-0.4, -0.2) is 12.3 Å². The highest BCUT2D eigenvalue weighted by Gasteiger charge is 2.10. The average molecular weight is 213 g/mol. The summed E-state index contributed by atoms with van der Waals surface area (Å²) in [7, 11) is 0. The van der Waals surface area contributed by atoms with Crippen LogP contribution in [0.1, 0.15) is 18.9 Å². The van der Waals surface area contributed by atoms with Crippen LogP contribution < -0.4 is 5.73 Å². The van der Waals surface area contributed by atoms with Crippen LogP contribution in [0.4, 0.5) is 4.39 Å². The number of benzene rings is 1. The quantitative estimate of drug-likeness (QED) is 0.778.